The van der Waals surface area contributed by atoms with Crippen molar-refractivity contribution in [2.24, 2.45) is 0 Å². The first kappa shape index (κ1) is 15.9. The number of fused-ring (bicyclic) bond motifs is 1. The summed E-state index contributed by atoms with van der Waals surface area (Å²) in [4.78, 5) is 20.6. The minimum Gasteiger partial charge on any atom is -0.484 e. The average Bonchev–Trinajstić information content (AvgIpc) is 2.64. The smallest absolute Gasteiger partial charge is 0.257 e. The van der Waals surface area contributed by atoms with Crippen molar-refractivity contribution in [1.82, 2.24) is 15.3 Å². The van der Waals surface area contributed by atoms with Gasteiger partial charge in [-0.15, -0.1) is 0 Å². The number of carbonyl (C=O) groups is 1. The largest absolute Gasteiger partial charge is 0.484 e. The number of nitrogens with one attached hydrogen (secondary N) is 1. The molecule has 0 aliphatic heterocycles. The van der Waals surface area contributed by atoms with Crippen molar-refractivity contribution in [2.75, 3.05) is 13.2 Å². The highest BCUT2D eigenvalue weighted by molar-refractivity contribution is 5.78. The van der Waals surface area contributed by atoms with Gasteiger partial charge < -0.3 is 10.1 Å². The van der Waals surface area contributed by atoms with Crippen LogP contribution < -0.4 is 10.1 Å². The minimum atomic E-state index is -0.110. The van der Waals surface area contributed by atoms with E-state index in [4.69, 9.17) is 4.74 Å². The number of para-hydroxylation sites is 2. The maximum atomic E-state index is 11.5. The molecule has 1 heterocycles. The fourth-order valence-corrected chi connectivity index (χ4v) is 2.28. The van der Waals surface area contributed by atoms with Gasteiger partial charge in [-0.1, -0.05) is 19.1 Å². The predicted molar refractivity (Wildman–Crippen MR) is 93.8 cm³/mol. The minimum absolute atomic E-state index is 0.0229. The number of aromatic nitrogens is 2. The molecule has 0 aliphatic carbocycles. The molecule has 1 amide bonds. The standard InChI is InChI=1S/C19H19N3O2/c1-2-11-20-19(23)13-24-15-9-7-14(8-10-15)18-12-21-16-5-3-4-6-17(16)22-18/h3-10,12H,2,11,13H2,1H3,(H,20,23). The Kier molecular flexibility index (Phi) is 5.01. The molecule has 0 saturated heterocycles. The third-order valence-corrected chi connectivity index (χ3v) is 3.54. The van der Waals surface area contributed by atoms with E-state index in [1.807, 2.05) is 55.5 Å². The van der Waals surface area contributed by atoms with Crippen molar-refractivity contribution in [3.05, 3.63) is 54.7 Å². The number of benzene rings is 2. The van der Waals surface area contributed by atoms with Crippen LogP contribution in [0.5, 0.6) is 5.75 Å². The monoisotopic (exact) mass is 321 g/mol. The molecule has 0 bridgehead atoms. The highest BCUT2D eigenvalue weighted by Gasteiger charge is 2.05. The first-order valence-electron chi connectivity index (χ1n) is 7.98. The number of amides is 1. The van der Waals surface area contributed by atoms with E-state index in [-0.39, 0.29) is 12.5 Å². The third kappa shape index (κ3) is 3.87. The van der Waals surface area contributed by atoms with E-state index in [0.29, 0.717) is 12.3 Å². The molecule has 5 nitrogen and oxygen atoms in total. The summed E-state index contributed by atoms with van der Waals surface area (Å²) < 4.78 is 5.48. The average molecular weight is 321 g/mol. The predicted octanol–water partition coefficient (Wildman–Crippen LogP) is 3.20. The fourth-order valence-electron chi connectivity index (χ4n) is 2.28. The zero-order chi connectivity index (χ0) is 16.8. The molecule has 0 radical (unpaired) electrons. The van der Waals surface area contributed by atoms with Crippen LogP contribution in [0, 0.1) is 0 Å². The first-order chi connectivity index (χ1) is 11.8. The highest BCUT2D eigenvalue weighted by Crippen LogP contribution is 2.22. The summed E-state index contributed by atoms with van der Waals surface area (Å²) in [5.41, 5.74) is 3.50. The summed E-state index contributed by atoms with van der Waals surface area (Å²) in [7, 11) is 0. The molecule has 3 aromatic rings. The molecular weight excluding hydrogens is 302 g/mol. The van der Waals surface area contributed by atoms with Crippen LogP contribution in [0.1, 0.15) is 13.3 Å². The van der Waals surface area contributed by atoms with Crippen LogP contribution in [0.3, 0.4) is 0 Å². The van der Waals surface area contributed by atoms with Crippen LogP contribution in [-0.2, 0) is 4.79 Å². The maximum Gasteiger partial charge on any atom is 0.257 e. The zero-order valence-corrected chi connectivity index (χ0v) is 13.5. The van der Waals surface area contributed by atoms with Gasteiger partial charge in [-0.2, -0.15) is 0 Å². The lowest BCUT2D eigenvalue weighted by atomic mass is 10.1. The number of nitrogens with zero attached hydrogens (tertiary/aromatic N) is 2. The fraction of sp³-hybridized carbons (Fsp3) is 0.211. The number of hydrogen-bond donors (Lipinski definition) is 1. The van der Waals surface area contributed by atoms with Crippen LogP contribution in [0.25, 0.3) is 22.3 Å². The Morgan fingerprint density at radius 3 is 2.58 bits per heavy atom. The Morgan fingerprint density at radius 2 is 1.83 bits per heavy atom. The Labute approximate surface area is 140 Å². The molecule has 0 spiro atoms. The van der Waals surface area contributed by atoms with Gasteiger partial charge in [0, 0.05) is 12.1 Å². The Morgan fingerprint density at radius 1 is 1.08 bits per heavy atom. The molecule has 0 fully saturated rings. The normalized spacial score (nSPS) is 10.5. The zero-order valence-electron chi connectivity index (χ0n) is 13.5. The van der Waals surface area contributed by atoms with Gasteiger partial charge in [0.25, 0.3) is 5.91 Å². The van der Waals surface area contributed by atoms with Crippen LogP contribution in [0.4, 0.5) is 0 Å². The van der Waals surface area contributed by atoms with E-state index in [1.165, 1.54) is 0 Å². The van der Waals surface area contributed by atoms with Gasteiger partial charge >= 0.3 is 0 Å². The number of carbonyl (C=O) groups excluding carboxylic acids is 1. The second-order valence-electron chi connectivity index (χ2n) is 5.41. The van der Waals surface area contributed by atoms with Crippen molar-refractivity contribution in [3.8, 4) is 17.0 Å². The molecule has 0 unspecified atom stereocenters. The Balaban J connectivity index is 1.68. The molecule has 0 saturated carbocycles. The second-order valence-corrected chi connectivity index (χ2v) is 5.41. The van der Waals surface area contributed by atoms with E-state index in [0.717, 1.165) is 28.7 Å². The van der Waals surface area contributed by atoms with Crippen LogP contribution in [0.2, 0.25) is 0 Å². The number of rotatable bonds is 6. The summed E-state index contributed by atoms with van der Waals surface area (Å²) in [6.07, 6.45) is 2.67. The van der Waals surface area contributed by atoms with Gasteiger partial charge in [-0.05, 0) is 42.8 Å². The topological polar surface area (TPSA) is 64.1 Å². The summed E-state index contributed by atoms with van der Waals surface area (Å²) in [5, 5.41) is 2.77. The molecule has 3 rings (SSSR count). The van der Waals surface area contributed by atoms with Crippen molar-refractivity contribution >= 4 is 16.9 Å². The summed E-state index contributed by atoms with van der Waals surface area (Å²) in [6.45, 7) is 2.70. The molecule has 0 aliphatic rings. The van der Waals surface area contributed by atoms with Gasteiger partial charge in [0.1, 0.15) is 5.75 Å². The second kappa shape index (κ2) is 7.55. The van der Waals surface area contributed by atoms with E-state index >= 15 is 0 Å². The molecule has 1 aromatic heterocycles. The van der Waals surface area contributed by atoms with Crippen LogP contribution in [0.15, 0.2) is 54.7 Å². The first-order valence-corrected chi connectivity index (χ1v) is 7.98. The van der Waals surface area contributed by atoms with Crippen molar-refractivity contribution < 1.29 is 9.53 Å². The van der Waals surface area contributed by atoms with E-state index in [2.05, 4.69) is 15.3 Å². The summed E-state index contributed by atoms with van der Waals surface area (Å²) >= 11 is 0. The lowest BCUT2D eigenvalue weighted by molar-refractivity contribution is -0.123. The van der Waals surface area contributed by atoms with Gasteiger partial charge in [-0.3, -0.25) is 9.78 Å². The molecule has 0 atom stereocenters. The van der Waals surface area contributed by atoms with Gasteiger partial charge in [0.15, 0.2) is 6.61 Å². The molecule has 122 valence electrons. The van der Waals surface area contributed by atoms with Crippen LogP contribution >= 0.6 is 0 Å². The maximum absolute atomic E-state index is 11.5. The SMILES string of the molecule is CCCNC(=O)COc1ccc(-c2cnc3ccccc3n2)cc1. The highest BCUT2D eigenvalue weighted by atomic mass is 16.5. The van der Waals surface area contributed by atoms with Gasteiger partial charge in [0.2, 0.25) is 0 Å². The Hall–Kier alpha value is -2.95. The molecule has 5 heteroatoms. The van der Waals surface area contributed by atoms with Gasteiger partial charge in [0.05, 0.1) is 22.9 Å². The molecular formula is C19H19N3O2. The number of ether oxygens (including phenoxy) is 1. The molecule has 24 heavy (non-hydrogen) atoms. The third-order valence-electron chi connectivity index (χ3n) is 3.54. The van der Waals surface area contributed by atoms with Crippen molar-refractivity contribution in [2.45, 2.75) is 13.3 Å². The van der Waals surface area contributed by atoms with E-state index in [1.54, 1.807) is 6.20 Å². The van der Waals surface area contributed by atoms with Crippen molar-refractivity contribution in [3.63, 3.8) is 0 Å². The Bertz CT molecular complexity index is 831. The number of hydrogen-bond acceptors (Lipinski definition) is 4. The lowest BCUT2D eigenvalue weighted by Crippen LogP contribution is -2.29. The van der Waals surface area contributed by atoms with E-state index < -0.39 is 0 Å². The quantitative estimate of drug-likeness (QED) is 0.757. The van der Waals surface area contributed by atoms with Crippen LogP contribution in [-0.4, -0.2) is 29.0 Å². The van der Waals surface area contributed by atoms with E-state index in [9.17, 15) is 4.79 Å². The lowest BCUT2D eigenvalue weighted by Gasteiger charge is -2.08. The molecule has 1 N–H and O–H groups in total. The summed E-state index contributed by atoms with van der Waals surface area (Å²) in [6, 6.07) is 15.3. The molecule has 2 aromatic carbocycles. The van der Waals surface area contributed by atoms with Crippen molar-refractivity contribution in [1.29, 1.82) is 0 Å². The van der Waals surface area contributed by atoms with Gasteiger partial charge in [-0.25, -0.2) is 4.98 Å². The summed E-state index contributed by atoms with van der Waals surface area (Å²) in [5.74, 6) is 0.542.